The average Bonchev–Trinajstić information content (AvgIpc) is 3.00. The standard InChI is InChI=1S/C23H32N4O/c1-2-27-21-9-4-3-8-19(21)20-10-11-24(16-22(20)27)17-23(28)26-14-12-25(13-15-26)18-6-5-7-18/h3-4,8-9,18H,2,5-7,10-17H2,1H3. The number of aryl methyl sites for hydroxylation is 1. The van der Waals surface area contributed by atoms with Crippen LogP contribution in [0.15, 0.2) is 24.3 Å². The van der Waals surface area contributed by atoms with E-state index >= 15 is 0 Å². The van der Waals surface area contributed by atoms with Crippen molar-refractivity contribution in [3.8, 4) is 0 Å². The molecule has 1 amide bonds. The Hall–Kier alpha value is -1.85. The minimum atomic E-state index is 0.316. The first-order chi connectivity index (χ1) is 13.7. The summed E-state index contributed by atoms with van der Waals surface area (Å²) in [5, 5.41) is 1.40. The number of carbonyl (C=O) groups is 1. The Kier molecular flexibility index (Phi) is 4.89. The van der Waals surface area contributed by atoms with Crippen molar-refractivity contribution in [2.75, 3.05) is 39.3 Å². The minimum Gasteiger partial charge on any atom is -0.343 e. The first-order valence-corrected chi connectivity index (χ1v) is 11.1. The van der Waals surface area contributed by atoms with Gasteiger partial charge >= 0.3 is 0 Å². The van der Waals surface area contributed by atoms with Crippen LogP contribution >= 0.6 is 0 Å². The molecule has 5 heteroatoms. The number of carbonyl (C=O) groups excluding carboxylic acids is 1. The van der Waals surface area contributed by atoms with Crippen molar-refractivity contribution in [2.45, 2.75) is 51.7 Å². The number of aromatic nitrogens is 1. The van der Waals surface area contributed by atoms with E-state index in [9.17, 15) is 4.79 Å². The van der Waals surface area contributed by atoms with Crippen LogP contribution in [0.25, 0.3) is 10.9 Å². The van der Waals surface area contributed by atoms with Crippen LogP contribution in [-0.2, 0) is 24.3 Å². The lowest BCUT2D eigenvalue weighted by Crippen LogP contribution is -2.55. The van der Waals surface area contributed by atoms with Crippen molar-refractivity contribution in [3.63, 3.8) is 0 Å². The first kappa shape index (κ1) is 18.2. The highest BCUT2D eigenvalue weighted by Crippen LogP contribution is 2.31. The summed E-state index contributed by atoms with van der Waals surface area (Å²) in [5.74, 6) is 0.316. The van der Waals surface area contributed by atoms with Crippen molar-refractivity contribution in [1.29, 1.82) is 0 Å². The van der Waals surface area contributed by atoms with Gasteiger partial charge in [0.25, 0.3) is 0 Å². The highest BCUT2D eigenvalue weighted by molar-refractivity contribution is 5.86. The lowest BCUT2D eigenvalue weighted by atomic mass is 9.91. The molecule has 5 nitrogen and oxygen atoms in total. The molecule has 0 unspecified atom stereocenters. The number of hydrogen-bond acceptors (Lipinski definition) is 3. The Labute approximate surface area is 167 Å². The number of nitrogens with zero attached hydrogens (tertiary/aromatic N) is 4. The number of amides is 1. The molecule has 3 aliphatic rings. The van der Waals surface area contributed by atoms with E-state index in [2.05, 4.69) is 50.5 Å². The molecule has 2 aliphatic heterocycles. The molecule has 0 bridgehead atoms. The predicted molar refractivity (Wildman–Crippen MR) is 112 cm³/mol. The topological polar surface area (TPSA) is 31.7 Å². The van der Waals surface area contributed by atoms with E-state index in [1.165, 1.54) is 41.4 Å². The maximum Gasteiger partial charge on any atom is 0.236 e. The van der Waals surface area contributed by atoms with Gasteiger partial charge in [0.2, 0.25) is 5.91 Å². The Morgan fingerprint density at radius 3 is 2.57 bits per heavy atom. The Bertz CT molecular complexity index is 828. The molecule has 1 aromatic heterocycles. The van der Waals surface area contributed by atoms with Crippen LogP contribution in [0.3, 0.4) is 0 Å². The molecule has 28 heavy (non-hydrogen) atoms. The maximum absolute atomic E-state index is 12.9. The highest BCUT2D eigenvalue weighted by Gasteiger charge is 2.30. The molecule has 1 saturated carbocycles. The Morgan fingerprint density at radius 2 is 1.86 bits per heavy atom. The molecular weight excluding hydrogens is 348 g/mol. The molecule has 1 saturated heterocycles. The van der Waals surface area contributed by atoms with Crippen LogP contribution in [0.1, 0.15) is 37.4 Å². The van der Waals surface area contributed by atoms with Gasteiger partial charge < -0.3 is 9.47 Å². The van der Waals surface area contributed by atoms with Crippen molar-refractivity contribution in [2.24, 2.45) is 0 Å². The number of fused-ring (bicyclic) bond motifs is 3. The van der Waals surface area contributed by atoms with Crippen LogP contribution in [0.2, 0.25) is 0 Å². The van der Waals surface area contributed by atoms with Crippen LogP contribution in [0.4, 0.5) is 0 Å². The summed E-state index contributed by atoms with van der Waals surface area (Å²) in [4.78, 5) is 20.0. The fourth-order valence-corrected chi connectivity index (χ4v) is 5.32. The van der Waals surface area contributed by atoms with E-state index < -0.39 is 0 Å². The second kappa shape index (κ2) is 7.53. The highest BCUT2D eigenvalue weighted by atomic mass is 16.2. The zero-order valence-electron chi connectivity index (χ0n) is 17.1. The SMILES string of the molecule is CCn1c2c(c3ccccc31)CCN(CC(=O)N1CCN(C3CCC3)CC1)C2. The fourth-order valence-electron chi connectivity index (χ4n) is 5.32. The summed E-state index contributed by atoms with van der Waals surface area (Å²) in [6.07, 6.45) is 5.14. The van der Waals surface area contributed by atoms with E-state index in [4.69, 9.17) is 0 Å². The molecule has 150 valence electrons. The lowest BCUT2D eigenvalue weighted by Gasteiger charge is -2.43. The number of hydrogen-bond donors (Lipinski definition) is 0. The Morgan fingerprint density at radius 1 is 1.07 bits per heavy atom. The monoisotopic (exact) mass is 380 g/mol. The summed E-state index contributed by atoms with van der Waals surface area (Å²) in [7, 11) is 0. The molecule has 2 fully saturated rings. The van der Waals surface area contributed by atoms with Gasteiger partial charge in [-0.15, -0.1) is 0 Å². The third kappa shape index (κ3) is 3.15. The fraction of sp³-hybridized carbons (Fsp3) is 0.609. The second-order valence-electron chi connectivity index (χ2n) is 8.65. The van der Waals surface area contributed by atoms with Crippen LogP contribution in [-0.4, -0.2) is 70.5 Å². The molecule has 2 aromatic rings. The molecule has 1 aromatic carbocycles. The summed E-state index contributed by atoms with van der Waals surface area (Å²) in [5.41, 5.74) is 4.25. The van der Waals surface area contributed by atoms with Crippen molar-refractivity contribution in [3.05, 3.63) is 35.5 Å². The van der Waals surface area contributed by atoms with Gasteiger partial charge in [0.15, 0.2) is 0 Å². The van der Waals surface area contributed by atoms with E-state index in [0.29, 0.717) is 12.5 Å². The molecule has 1 aliphatic carbocycles. The molecule has 3 heterocycles. The van der Waals surface area contributed by atoms with Crippen molar-refractivity contribution in [1.82, 2.24) is 19.3 Å². The van der Waals surface area contributed by atoms with Gasteiger partial charge in [-0.3, -0.25) is 14.6 Å². The summed E-state index contributed by atoms with van der Waals surface area (Å²) >= 11 is 0. The Balaban J connectivity index is 1.24. The predicted octanol–water partition coefficient (Wildman–Crippen LogP) is 2.72. The molecule has 0 radical (unpaired) electrons. The van der Waals surface area contributed by atoms with Gasteiger partial charge in [-0.25, -0.2) is 0 Å². The molecular formula is C23H32N4O. The third-order valence-corrected chi connectivity index (χ3v) is 7.18. The minimum absolute atomic E-state index is 0.316. The number of para-hydroxylation sites is 1. The molecule has 0 atom stereocenters. The quantitative estimate of drug-likeness (QED) is 0.817. The molecule has 0 N–H and O–H groups in total. The number of benzene rings is 1. The summed E-state index contributed by atoms with van der Waals surface area (Å²) < 4.78 is 2.44. The summed E-state index contributed by atoms with van der Waals surface area (Å²) in [6, 6.07) is 9.55. The van der Waals surface area contributed by atoms with Crippen molar-refractivity contribution >= 4 is 16.8 Å². The number of piperazine rings is 1. The van der Waals surface area contributed by atoms with E-state index in [-0.39, 0.29) is 0 Å². The second-order valence-corrected chi connectivity index (χ2v) is 8.65. The average molecular weight is 381 g/mol. The lowest BCUT2D eigenvalue weighted by molar-refractivity contribution is -0.135. The number of rotatable bonds is 4. The van der Waals surface area contributed by atoms with Crippen molar-refractivity contribution < 1.29 is 4.79 Å². The van der Waals surface area contributed by atoms with Gasteiger partial charge in [0, 0.05) is 68.5 Å². The van der Waals surface area contributed by atoms with Gasteiger partial charge in [-0.1, -0.05) is 24.6 Å². The van der Waals surface area contributed by atoms with Gasteiger partial charge in [0.05, 0.1) is 6.54 Å². The zero-order valence-corrected chi connectivity index (χ0v) is 17.1. The van der Waals surface area contributed by atoms with Gasteiger partial charge in [0.1, 0.15) is 0 Å². The summed E-state index contributed by atoms with van der Waals surface area (Å²) in [6.45, 7) is 9.58. The van der Waals surface area contributed by atoms with E-state index in [1.54, 1.807) is 0 Å². The van der Waals surface area contributed by atoms with E-state index in [1.807, 2.05) is 0 Å². The van der Waals surface area contributed by atoms with E-state index in [0.717, 1.165) is 58.3 Å². The van der Waals surface area contributed by atoms with Gasteiger partial charge in [-0.2, -0.15) is 0 Å². The smallest absolute Gasteiger partial charge is 0.236 e. The maximum atomic E-state index is 12.9. The van der Waals surface area contributed by atoms with Crippen LogP contribution in [0, 0.1) is 0 Å². The van der Waals surface area contributed by atoms with Crippen LogP contribution < -0.4 is 0 Å². The first-order valence-electron chi connectivity index (χ1n) is 11.1. The van der Waals surface area contributed by atoms with Gasteiger partial charge in [-0.05, 0) is 37.8 Å². The van der Waals surface area contributed by atoms with Crippen LogP contribution in [0.5, 0.6) is 0 Å². The third-order valence-electron chi connectivity index (χ3n) is 7.18. The molecule has 0 spiro atoms. The molecule has 5 rings (SSSR count). The normalized spacial score (nSPS) is 21.7. The zero-order chi connectivity index (χ0) is 19.1. The largest absolute Gasteiger partial charge is 0.343 e.